The van der Waals surface area contributed by atoms with Gasteiger partial charge in [-0.05, 0) is 111 Å². The first-order chi connectivity index (χ1) is 29.8. The van der Waals surface area contributed by atoms with Crippen LogP contribution >= 0.6 is 0 Å². The highest BCUT2D eigenvalue weighted by atomic mass is 19.1. The fourth-order valence-electron chi connectivity index (χ4n) is 10.0. The van der Waals surface area contributed by atoms with Crippen LogP contribution in [0.25, 0.3) is 11.3 Å². The summed E-state index contributed by atoms with van der Waals surface area (Å²) >= 11 is 0. The molecule has 2 aromatic heterocycles. The molecule has 62 heavy (non-hydrogen) atoms. The molecule has 6 heterocycles. The van der Waals surface area contributed by atoms with Crippen LogP contribution in [-0.4, -0.2) is 100 Å². The molecule has 4 atom stereocenters. The number of nitrogens with one attached hydrogen (secondary N) is 2. The molecule has 2 aromatic carbocycles. The zero-order valence-corrected chi connectivity index (χ0v) is 35.4. The van der Waals surface area contributed by atoms with E-state index in [9.17, 15) is 19.2 Å². The minimum atomic E-state index is -1.02. The molecule has 0 spiro atoms. The van der Waals surface area contributed by atoms with Gasteiger partial charge >= 0.3 is 0 Å². The average molecular weight is 848 g/mol. The molecule has 324 valence electrons. The monoisotopic (exact) mass is 847 g/mol. The highest BCUT2D eigenvalue weighted by Gasteiger charge is 2.43. The predicted octanol–water partition coefficient (Wildman–Crippen LogP) is 5.85. The zero-order valence-electron chi connectivity index (χ0n) is 35.4. The van der Waals surface area contributed by atoms with Crippen LogP contribution in [0.15, 0.2) is 53.7 Å². The molecule has 14 nitrogen and oxygen atoms in total. The number of ether oxygens (including phenoxy) is 1. The van der Waals surface area contributed by atoms with Gasteiger partial charge in [-0.3, -0.25) is 29.5 Å². The quantitative estimate of drug-likeness (QED) is 0.226. The number of nitrogens with zero attached hydrogens (tertiary/aromatic N) is 7. The van der Waals surface area contributed by atoms with E-state index in [-0.39, 0.29) is 36.3 Å². The number of fused-ring (bicyclic) bond motifs is 8. The van der Waals surface area contributed by atoms with Gasteiger partial charge in [0.15, 0.2) is 0 Å². The van der Waals surface area contributed by atoms with Crippen molar-refractivity contribution >= 4 is 41.0 Å². The van der Waals surface area contributed by atoms with E-state index < -0.39 is 35.3 Å². The minimum absolute atomic E-state index is 0.0469. The number of pyridine rings is 1. The number of aryl methyl sites for hydroxylation is 2. The summed E-state index contributed by atoms with van der Waals surface area (Å²) in [5.74, 6) is -2.13. The third-order valence-corrected chi connectivity index (χ3v) is 13.3. The smallest absolute Gasteiger partial charge is 0.280 e. The number of amides is 4. The summed E-state index contributed by atoms with van der Waals surface area (Å²) in [6.07, 6.45) is 5.67. The number of hydrogen-bond acceptors (Lipinski definition) is 10. The third-order valence-electron chi connectivity index (χ3n) is 13.3. The van der Waals surface area contributed by atoms with Gasteiger partial charge in [0, 0.05) is 75.1 Å². The Kier molecular flexibility index (Phi) is 11.1. The Labute approximate surface area is 358 Å². The summed E-state index contributed by atoms with van der Waals surface area (Å²) in [5, 5.41) is 9.93. The SMILES string of the molecule is Cc1cc2cc(n1)-c1cnn(C)c1OCCC[C@@H](C)CN1/C(=N/C2=O)Nc2ccc(C(=O)N(C)C3C[C@H]4CN(CCc5cc(F)c([C@H]6CCC(=O)NC6=O)c(F)c5)C[C@@H]4C3)cc21. The average Bonchev–Trinajstić information content (AvgIpc) is 4.00. The van der Waals surface area contributed by atoms with Gasteiger partial charge < -0.3 is 24.8 Å². The molecule has 2 bridgehead atoms. The number of halogens is 2. The van der Waals surface area contributed by atoms with Crippen molar-refractivity contribution in [1.82, 2.24) is 29.9 Å². The number of anilines is 2. The molecule has 5 aliphatic rings. The van der Waals surface area contributed by atoms with E-state index in [2.05, 4.69) is 37.5 Å². The van der Waals surface area contributed by atoms with Crippen LogP contribution in [0.5, 0.6) is 5.88 Å². The van der Waals surface area contributed by atoms with Gasteiger partial charge in [0.1, 0.15) is 11.6 Å². The van der Waals surface area contributed by atoms with E-state index in [1.54, 1.807) is 23.0 Å². The summed E-state index contributed by atoms with van der Waals surface area (Å²) in [6, 6.07) is 11.7. The van der Waals surface area contributed by atoms with Gasteiger partial charge in [0.05, 0.1) is 41.4 Å². The van der Waals surface area contributed by atoms with E-state index >= 15 is 8.78 Å². The molecule has 9 rings (SSSR count). The van der Waals surface area contributed by atoms with Crippen LogP contribution in [-0.2, 0) is 23.1 Å². The Morgan fingerprint density at radius 3 is 2.48 bits per heavy atom. The van der Waals surface area contributed by atoms with Crippen molar-refractivity contribution in [3.05, 3.63) is 88.2 Å². The summed E-state index contributed by atoms with van der Waals surface area (Å²) in [5.41, 5.74) is 4.71. The molecular formula is C46H51F2N9O5. The second-order valence-electron chi connectivity index (χ2n) is 17.7. The first kappa shape index (κ1) is 41.3. The lowest BCUT2D eigenvalue weighted by molar-refractivity contribution is -0.134. The fourth-order valence-corrected chi connectivity index (χ4v) is 10.0. The van der Waals surface area contributed by atoms with Crippen molar-refractivity contribution in [1.29, 1.82) is 0 Å². The summed E-state index contributed by atoms with van der Waals surface area (Å²) in [7, 11) is 3.69. The molecule has 0 unspecified atom stereocenters. The number of likely N-dealkylation sites (tertiary alicyclic amines) is 1. The standard InChI is InChI=1S/C46H51F2N9O5/c1-25-6-5-13-62-45-34(21-49-55(45)4)38-19-29(14-26(2)50-38)42(59)53-46-51-37-9-7-28(20-39(37)57(46)22-25)44(61)54(3)32-17-30-23-56(24-31(30)18-32)12-11-27-15-35(47)41(36(48)16-27)33-8-10-40(58)52-43(33)60/h7,9,14-16,19-21,25,30-33H,5-6,8,10-13,17-18,22-24H2,1-4H3,(H,51,53,59)(H,52,58,60)/t25-,30+,31+,33-/m1/s1. The second-order valence-corrected chi connectivity index (χ2v) is 17.7. The number of benzene rings is 2. The Balaban J connectivity index is 0.853. The molecule has 16 heteroatoms. The Morgan fingerprint density at radius 2 is 1.74 bits per heavy atom. The number of hydrogen-bond donors (Lipinski definition) is 2. The van der Waals surface area contributed by atoms with Crippen LogP contribution in [0.4, 0.5) is 20.2 Å². The number of piperidine rings is 1. The molecule has 1 saturated carbocycles. The van der Waals surface area contributed by atoms with Crippen LogP contribution in [0, 0.1) is 36.3 Å². The van der Waals surface area contributed by atoms with Crippen molar-refractivity contribution in [3.63, 3.8) is 0 Å². The van der Waals surface area contributed by atoms with E-state index in [0.717, 1.165) is 50.1 Å². The first-order valence-corrected chi connectivity index (χ1v) is 21.6. The normalized spacial score (nSPS) is 23.8. The molecule has 4 amide bonds. The van der Waals surface area contributed by atoms with Crippen molar-refractivity contribution in [2.24, 2.45) is 29.8 Å². The molecule has 3 fully saturated rings. The van der Waals surface area contributed by atoms with E-state index in [1.807, 2.05) is 49.0 Å². The molecular weight excluding hydrogens is 797 g/mol. The van der Waals surface area contributed by atoms with Crippen LogP contribution < -0.4 is 20.3 Å². The molecule has 4 aromatic rings. The maximum absolute atomic E-state index is 15.1. The van der Waals surface area contributed by atoms with Gasteiger partial charge in [0.25, 0.3) is 11.8 Å². The summed E-state index contributed by atoms with van der Waals surface area (Å²) in [4.78, 5) is 67.3. The lowest BCUT2D eigenvalue weighted by Crippen LogP contribution is -2.40. The van der Waals surface area contributed by atoms with Crippen molar-refractivity contribution in [3.8, 4) is 17.1 Å². The lowest BCUT2D eigenvalue weighted by atomic mass is 9.89. The van der Waals surface area contributed by atoms with Gasteiger partial charge in [-0.2, -0.15) is 10.1 Å². The van der Waals surface area contributed by atoms with Crippen LogP contribution in [0.3, 0.4) is 0 Å². The first-order valence-electron chi connectivity index (χ1n) is 21.6. The highest BCUT2D eigenvalue weighted by molar-refractivity contribution is 6.19. The number of rotatable bonds is 6. The van der Waals surface area contributed by atoms with Gasteiger partial charge in [-0.25, -0.2) is 13.5 Å². The topological polar surface area (TPSA) is 154 Å². The number of carbonyl (C=O) groups excluding carboxylic acids is 4. The van der Waals surface area contributed by atoms with Gasteiger partial charge in [-0.15, -0.1) is 0 Å². The predicted molar refractivity (Wildman–Crippen MR) is 228 cm³/mol. The third kappa shape index (κ3) is 8.07. The number of imide groups is 1. The van der Waals surface area contributed by atoms with E-state index in [1.165, 1.54) is 12.1 Å². The maximum Gasteiger partial charge on any atom is 0.280 e. The molecule has 1 aliphatic carbocycles. The van der Waals surface area contributed by atoms with Crippen molar-refractivity contribution < 1.29 is 32.7 Å². The number of guanidine groups is 1. The summed E-state index contributed by atoms with van der Waals surface area (Å²) < 4.78 is 38.2. The Morgan fingerprint density at radius 1 is 0.984 bits per heavy atom. The van der Waals surface area contributed by atoms with Crippen LogP contribution in [0.2, 0.25) is 0 Å². The molecule has 4 aliphatic heterocycles. The number of aromatic nitrogens is 3. The lowest BCUT2D eigenvalue weighted by Gasteiger charge is -2.27. The molecule has 0 radical (unpaired) electrons. The van der Waals surface area contributed by atoms with Crippen molar-refractivity contribution in [2.75, 3.05) is 50.1 Å². The number of aliphatic imine (C=N–C) groups is 1. The van der Waals surface area contributed by atoms with Gasteiger partial charge in [-0.1, -0.05) is 6.92 Å². The van der Waals surface area contributed by atoms with E-state index in [4.69, 9.17) is 4.74 Å². The number of carbonyl (C=O) groups is 4. The molecule has 2 saturated heterocycles. The molecule has 2 N–H and O–H groups in total. The second kappa shape index (κ2) is 16.7. The maximum atomic E-state index is 15.1. The highest BCUT2D eigenvalue weighted by Crippen LogP contribution is 2.41. The zero-order chi connectivity index (χ0) is 43.4. The van der Waals surface area contributed by atoms with E-state index in [0.29, 0.717) is 83.4 Å². The van der Waals surface area contributed by atoms with Crippen LogP contribution in [0.1, 0.15) is 88.9 Å². The Bertz CT molecular complexity index is 2470. The Hall–Kier alpha value is -6.03. The largest absolute Gasteiger partial charge is 0.477 e. The van der Waals surface area contributed by atoms with Crippen molar-refractivity contribution in [2.45, 2.75) is 70.8 Å². The van der Waals surface area contributed by atoms with Gasteiger partial charge in [0.2, 0.25) is 23.7 Å². The fraction of sp³-hybridized carbons (Fsp3) is 0.457. The summed E-state index contributed by atoms with van der Waals surface area (Å²) in [6.45, 7) is 7.38. The minimum Gasteiger partial charge on any atom is -0.477 e.